The van der Waals surface area contributed by atoms with E-state index < -0.39 is 0 Å². The minimum atomic E-state index is -0.219. The van der Waals surface area contributed by atoms with Crippen LogP contribution < -0.4 is 19.9 Å². The second-order valence-corrected chi connectivity index (χ2v) is 9.84. The van der Waals surface area contributed by atoms with Crippen LogP contribution in [0.4, 0.5) is 5.69 Å². The molecule has 2 aromatic carbocycles. The Kier molecular flexibility index (Phi) is 6.30. The highest BCUT2D eigenvalue weighted by atomic mass is 16.5. The fraction of sp³-hybridized carbons (Fsp3) is 0.407. The normalized spacial score (nSPS) is 15.3. The molecule has 3 aromatic rings. The van der Waals surface area contributed by atoms with Gasteiger partial charge in [0.2, 0.25) is 0 Å². The molecule has 7 heteroatoms. The van der Waals surface area contributed by atoms with Gasteiger partial charge in [-0.15, -0.1) is 0 Å². The quantitative estimate of drug-likeness (QED) is 0.563. The molecule has 180 valence electrons. The Morgan fingerprint density at radius 2 is 1.59 bits per heavy atom. The molecule has 1 aliphatic rings. The number of likely N-dealkylation sites (tertiary alicyclic amines) is 1. The van der Waals surface area contributed by atoms with E-state index in [9.17, 15) is 9.59 Å². The maximum atomic E-state index is 13.8. The number of carbonyl (C=O) groups is 1. The zero-order valence-corrected chi connectivity index (χ0v) is 20.8. The number of piperidine rings is 1. The highest BCUT2D eigenvalue weighted by Crippen LogP contribution is 2.35. The third-order valence-corrected chi connectivity index (χ3v) is 6.78. The smallest absolute Gasteiger partial charge is 0.263 e. The minimum absolute atomic E-state index is 0.0785. The van der Waals surface area contributed by atoms with E-state index in [1.807, 2.05) is 48.2 Å². The summed E-state index contributed by atoms with van der Waals surface area (Å²) >= 11 is 0. The highest BCUT2D eigenvalue weighted by molar-refractivity contribution is 6.07. The van der Waals surface area contributed by atoms with Crippen LogP contribution in [0.15, 0.2) is 47.4 Å². The van der Waals surface area contributed by atoms with E-state index >= 15 is 0 Å². The number of nitrogens with zero attached hydrogens (tertiary/aromatic N) is 3. The molecular formula is C27H33N3O4. The van der Waals surface area contributed by atoms with Gasteiger partial charge < -0.3 is 19.3 Å². The molecule has 4 rings (SSSR count). The molecule has 0 aliphatic carbocycles. The van der Waals surface area contributed by atoms with Crippen LogP contribution in [0.25, 0.3) is 16.5 Å². The van der Waals surface area contributed by atoms with E-state index in [4.69, 9.17) is 9.47 Å². The van der Waals surface area contributed by atoms with Crippen molar-refractivity contribution in [3.63, 3.8) is 0 Å². The van der Waals surface area contributed by atoms with Gasteiger partial charge in [-0.3, -0.25) is 14.2 Å². The Bertz CT molecular complexity index is 1280. The first-order valence-corrected chi connectivity index (χ1v) is 11.5. The predicted octanol–water partition coefficient (Wildman–Crippen LogP) is 4.34. The van der Waals surface area contributed by atoms with Gasteiger partial charge in [0.1, 0.15) is 0 Å². The molecule has 2 heterocycles. The fourth-order valence-corrected chi connectivity index (χ4v) is 4.43. The summed E-state index contributed by atoms with van der Waals surface area (Å²) in [6.07, 6.45) is 3.56. The lowest BCUT2D eigenvalue weighted by Crippen LogP contribution is -2.41. The number of rotatable bonds is 5. The number of amides is 1. The molecule has 1 saturated heterocycles. The number of carbonyl (C=O) groups excluding carboxylic acids is 1. The van der Waals surface area contributed by atoms with Gasteiger partial charge >= 0.3 is 0 Å². The first-order valence-electron chi connectivity index (χ1n) is 11.5. The fourth-order valence-electron chi connectivity index (χ4n) is 4.43. The van der Waals surface area contributed by atoms with E-state index in [0.717, 1.165) is 18.5 Å². The Hall–Kier alpha value is -3.48. The Morgan fingerprint density at radius 3 is 2.18 bits per heavy atom. The number of hydrogen-bond acceptors (Lipinski definition) is 5. The lowest BCUT2D eigenvalue weighted by molar-refractivity contribution is 0.0631. The Morgan fingerprint density at radius 1 is 0.971 bits per heavy atom. The van der Waals surface area contributed by atoms with Gasteiger partial charge in [0, 0.05) is 44.5 Å². The van der Waals surface area contributed by atoms with Gasteiger partial charge in [0.15, 0.2) is 11.5 Å². The average Bonchev–Trinajstić information content (AvgIpc) is 2.83. The minimum Gasteiger partial charge on any atom is -0.493 e. The molecule has 0 spiro atoms. The summed E-state index contributed by atoms with van der Waals surface area (Å²) in [5.74, 6) is 0.853. The van der Waals surface area contributed by atoms with Crippen LogP contribution in [-0.4, -0.2) is 56.8 Å². The largest absolute Gasteiger partial charge is 0.493 e. The molecule has 0 unspecified atom stereocenters. The molecule has 1 aromatic heterocycles. The average molecular weight is 464 g/mol. The molecule has 0 saturated carbocycles. The van der Waals surface area contributed by atoms with Crippen LogP contribution >= 0.6 is 0 Å². The van der Waals surface area contributed by atoms with E-state index in [1.54, 1.807) is 30.0 Å². The summed E-state index contributed by atoms with van der Waals surface area (Å²) in [4.78, 5) is 31.3. The molecule has 0 bridgehead atoms. The maximum absolute atomic E-state index is 13.8. The second kappa shape index (κ2) is 9.05. The first-order chi connectivity index (χ1) is 16.1. The summed E-state index contributed by atoms with van der Waals surface area (Å²) in [7, 11) is 6.98. The third kappa shape index (κ3) is 4.34. The van der Waals surface area contributed by atoms with Crippen molar-refractivity contribution in [2.45, 2.75) is 26.7 Å². The summed E-state index contributed by atoms with van der Waals surface area (Å²) in [6.45, 7) is 5.85. The van der Waals surface area contributed by atoms with Crippen LogP contribution in [0.2, 0.25) is 0 Å². The molecule has 0 radical (unpaired) electrons. The zero-order valence-electron chi connectivity index (χ0n) is 20.8. The van der Waals surface area contributed by atoms with Crippen molar-refractivity contribution in [1.29, 1.82) is 0 Å². The standard InChI is InChI=1S/C27H33N3O4/c1-27(2)10-12-29(13-11-27)25(31)22-17-30(19-9-7-8-18(14-19)28(3)4)26(32)21-16-24(34-6)23(33-5)15-20(21)22/h7-9,14-17H,10-13H2,1-6H3. The van der Waals surface area contributed by atoms with Crippen molar-refractivity contribution < 1.29 is 14.3 Å². The molecule has 7 nitrogen and oxygen atoms in total. The summed E-state index contributed by atoms with van der Waals surface area (Å²) in [5.41, 5.74) is 2.14. The lowest BCUT2D eigenvalue weighted by Gasteiger charge is -2.37. The number of ether oxygens (including phenoxy) is 2. The molecular weight excluding hydrogens is 430 g/mol. The predicted molar refractivity (Wildman–Crippen MR) is 136 cm³/mol. The van der Waals surface area contributed by atoms with E-state index in [2.05, 4.69) is 13.8 Å². The van der Waals surface area contributed by atoms with Crippen LogP contribution in [0, 0.1) is 5.41 Å². The molecule has 34 heavy (non-hydrogen) atoms. The van der Waals surface area contributed by atoms with Crippen LogP contribution in [0.3, 0.4) is 0 Å². The zero-order chi connectivity index (χ0) is 24.6. The number of benzene rings is 2. The highest BCUT2D eigenvalue weighted by Gasteiger charge is 2.30. The van der Waals surface area contributed by atoms with E-state index in [0.29, 0.717) is 46.6 Å². The van der Waals surface area contributed by atoms with Gasteiger partial charge in [-0.05, 0) is 48.6 Å². The Balaban J connectivity index is 1.94. The molecule has 0 atom stereocenters. The topological polar surface area (TPSA) is 64.0 Å². The number of pyridine rings is 1. The van der Waals surface area contributed by atoms with Crippen LogP contribution in [0.1, 0.15) is 37.0 Å². The van der Waals surface area contributed by atoms with Gasteiger partial charge in [-0.2, -0.15) is 0 Å². The molecule has 0 N–H and O–H groups in total. The molecule has 1 aliphatic heterocycles. The van der Waals surface area contributed by atoms with Gasteiger partial charge in [0.25, 0.3) is 11.5 Å². The number of aromatic nitrogens is 1. The van der Waals surface area contributed by atoms with Crippen molar-refractivity contribution in [3.8, 4) is 17.2 Å². The second-order valence-electron chi connectivity index (χ2n) is 9.84. The van der Waals surface area contributed by atoms with Crippen LogP contribution in [0.5, 0.6) is 11.5 Å². The summed E-state index contributed by atoms with van der Waals surface area (Å²) in [6, 6.07) is 11.1. The molecule has 1 amide bonds. The number of hydrogen-bond donors (Lipinski definition) is 0. The first kappa shape index (κ1) is 23.7. The van der Waals surface area contributed by atoms with Crippen LogP contribution in [-0.2, 0) is 0 Å². The van der Waals surface area contributed by atoms with Gasteiger partial charge in [-0.1, -0.05) is 19.9 Å². The summed E-state index contributed by atoms with van der Waals surface area (Å²) < 4.78 is 12.5. The molecule has 1 fully saturated rings. The van der Waals surface area contributed by atoms with Crippen molar-refractivity contribution in [1.82, 2.24) is 9.47 Å². The number of anilines is 1. The number of methoxy groups -OCH3 is 2. The van der Waals surface area contributed by atoms with Crippen molar-refractivity contribution in [2.24, 2.45) is 5.41 Å². The maximum Gasteiger partial charge on any atom is 0.263 e. The number of fused-ring (bicyclic) bond motifs is 1. The SMILES string of the molecule is COc1cc2c(C(=O)N3CCC(C)(C)CC3)cn(-c3cccc(N(C)C)c3)c(=O)c2cc1OC. The van der Waals surface area contributed by atoms with Crippen molar-refractivity contribution in [3.05, 3.63) is 58.5 Å². The van der Waals surface area contributed by atoms with E-state index in [1.165, 1.54) is 7.11 Å². The summed E-state index contributed by atoms with van der Waals surface area (Å²) in [5, 5.41) is 0.980. The lowest BCUT2D eigenvalue weighted by atomic mass is 9.82. The van der Waals surface area contributed by atoms with Crippen molar-refractivity contribution in [2.75, 3.05) is 46.3 Å². The monoisotopic (exact) mass is 463 g/mol. The van der Waals surface area contributed by atoms with E-state index in [-0.39, 0.29) is 16.9 Å². The van der Waals surface area contributed by atoms with Gasteiger partial charge in [-0.25, -0.2) is 0 Å². The van der Waals surface area contributed by atoms with Crippen molar-refractivity contribution >= 4 is 22.4 Å². The Labute approximate surface area is 200 Å². The van der Waals surface area contributed by atoms with Gasteiger partial charge in [0.05, 0.1) is 30.9 Å². The third-order valence-electron chi connectivity index (χ3n) is 6.78.